The van der Waals surface area contributed by atoms with Crippen LogP contribution in [0, 0.1) is 18.7 Å². The zero-order valence-corrected chi connectivity index (χ0v) is 27.1. The number of amides is 2. The predicted molar refractivity (Wildman–Crippen MR) is 176 cm³/mol. The molecule has 45 heavy (non-hydrogen) atoms. The van der Waals surface area contributed by atoms with Crippen molar-refractivity contribution in [2.45, 2.75) is 44.7 Å². The van der Waals surface area contributed by atoms with Gasteiger partial charge in [0, 0.05) is 24.5 Å². The van der Waals surface area contributed by atoms with E-state index in [1.807, 2.05) is 51.1 Å². The molecule has 0 spiro atoms. The molecule has 0 aliphatic rings. The Bertz CT molecular complexity index is 1720. The van der Waals surface area contributed by atoms with Gasteiger partial charge in [0.1, 0.15) is 18.4 Å². The largest absolute Gasteiger partial charge is 0.354 e. The second kappa shape index (κ2) is 15.2. The maximum Gasteiger partial charge on any atom is 0.264 e. The highest BCUT2D eigenvalue weighted by atomic mass is 35.5. The first-order valence-corrected chi connectivity index (χ1v) is 16.5. The average molecular weight is 650 g/mol. The van der Waals surface area contributed by atoms with E-state index in [1.165, 1.54) is 35.2 Å². The molecule has 0 radical (unpaired) electrons. The molecule has 0 aliphatic carbocycles. The second-order valence-corrected chi connectivity index (χ2v) is 13.5. The van der Waals surface area contributed by atoms with Crippen molar-refractivity contribution in [1.82, 2.24) is 10.2 Å². The van der Waals surface area contributed by atoms with Gasteiger partial charge in [-0.2, -0.15) is 0 Å². The molecule has 0 bridgehead atoms. The van der Waals surface area contributed by atoms with E-state index in [0.29, 0.717) is 17.1 Å². The molecule has 4 aromatic carbocycles. The molecule has 4 rings (SSSR count). The Balaban J connectivity index is 1.81. The van der Waals surface area contributed by atoms with E-state index in [1.54, 1.807) is 36.4 Å². The van der Waals surface area contributed by atoms with Crippen LogP contribution in [0.1, 0.15) is 30.5 Å². The van der Waals surface area contributed by atoms with Crippen LogP contribution in [-0.4, -0.2) is 44.3 Å². The second-order valence-electron chi connectivity index (χ2n) is 11.2. The fraction of sp³-hybridized carbons (Fsp3) is 0.257. The van der Waals surface area contributed by atoms with Crippen molar-refractivity contribution in [3.63, 3.8) is 0 Å². The predicted octanol–water partition coefficient (Wildman–Crippen LogP) is 6.40. The van der Waals surface area contributed by atoms with Gasteiger partial charge in [-0.15, -0.1) is 0 Å². The fourth-order valence-corrected chi connectivity index (χ4v) is 6.41. The lowest BCUT2D eigenvalue weighted by molar-refractivity contribution is -0.140. The molecule has 1 atom stereocenters. The van der Waals surface area contributed by atoms with Crippen LogP contribution in [0.25, 0.3) is 0 Å². The lowest BCUT2D eigenvalue weighted by Gasteiger charge is -2.34. The van der Waals surface area contributed by atoms with Crippen molar-refractivity contribution in [2.75, 3.05) is 17.4 Å². The van der Waals surface area contributed by atoms with Crippen LogP contribution in [0.15, 0.2) is 108 Å². The molecule has 2 amide bonds. The Morgan fingerprint density at radius 2 is 1.49 bits per heavy atom. The molecular weight excluding hydrogens is 613 g/mol. The van der Waals surface area contributed by atoms with Gasteiger partial charge in [0.25, 0.3) is 10.0 Å². The number of nitrogens with one attached hydrogen (secondary N) is 1. The summed E-state index contributed by atoms with van der Waals surface area (Å²) < 4.78 is 44.1. The normalized spacial score (nSPS) is 12.0. The molecule has 0 saturated carbocycles. The highest BCUT2D eigenvalue weighted by Gasteiger charge is 2.35. The molecule has 0 aromatic heterocycles. The molecule has 7 nitrogen and oxygen atoms in total. The third kappa shape index (κ3) is 8.71. The van der Waals surface area contributed by atoms with E-state index in [-0.39, 0.29) is 29.5 Å². The van der Waals surface area contributed by atoms with E-state index >= 15 is 4.39 Å². The van der Waals surface area contributed by atoms with E-state index in [4.69, 9.17) is 11.6 Å². The van der Waals surface area contributed by atoms with Crippen LogP contribution in [0.3, 0.4) is 0 Å². The van der Waals surface area contributed by atoms with Crippen LogP contribution in [-0.2, 0) is 32.6 Å². The first kappa shape index (κ1) is 33.7. The summed E-state index contributed by atoms with van der Waals surface area (Å²) in [5.41, 5.74) is 1.93. The first-order valence-electron chi connectivity index (χ1n) is 14.7. The summed E-state index contributed by atoms with van der Waals surface area (Å²) >= 11 is 6.51. The van der Waals surface area contributed by atoms with Crippen molar-refractivity contribution < 1.29 is 22.4 Å². The number of nitrogens with zero attached hydrogens (tertiary/aromatic N) is 2. The van der Waals surface area contributed by atoms with E-state index in [0.717, 1.165) is 21.5 Å². The standard InChI is InChI=1S/C35H37ClFN3O4S/c1-25(2)22-38-35(42)33(21-27-11-5-4-6-12-27)39(23-28-13-7-8-14-30(28)36)34(41)24-40(32-16-10-9-15-31(32)37)45(43,44)29-19-17-26(3)18-20-29/h4-20,25,33H,21-24H2,1-3H3,(H,38,42)/t33-/m1/s1. The number of para-hydroxylation sites is 1. The van der Waals surface area contributed by atoms with Crippen LogP contribution in [0.2, 0.25) is 5.02 Å². The Morgan fingerprint density at radius 3 is 2.13 bits per heavy atom. The van der Waals surface area contributed by atoms with Crippen molar-refractivity contribution in [2.24, 2.45) is 5.92 Å². The van der Waals surface area contributed by atoms with Crippen LogP contribution < -0.4 is 9.62 Å². The lowest BCUT2D eigenvalue weighted by atomic mass is 10.0. The third-order valence-electron chi connectivity index (χ3n) is 7.26. The third-order valence-corrected chi connectivity index (χ3v) is 9.41. The Labute approximate surface area is 269 Å². The highest BCUT2D eigenvalue weighted by Crippen LogP contribution is 2.28. The summed E-state index contributed by atoms with van der Waals surface area (Å²) in [6, 6.07) is 26.6. The first-order chi connectivity index (χ1) is 21.5. The quantitative estimate of drug-likeness (QED) is 0.182. The SMILES string of the molecule is Cc1ccc(S(=O)(=O)N(CC(=O)N(Cc2ccccc2Cl)[C@H](Cc2ccccc2)C(=O)NCC(C)C)c2ccccc2F)cc1. The van der Waals surface area contributed by atoms with Gasteiger partial charge < -0.3 is 10.2 Å². The number of hydrogen-bond donors (Lipinski definition) is 1. The summed E-state index contributed by atoms with van der Waals surface area (Å²) in [6.45, 7) is 5.27. The summed E-state index contributed by atoms with van der Waals surface area (Å²) in [7, 11) is -4.41. The Morgan fingerprint density at radius 1 is 0.867 bits per heavy atom. The molecule has 4 aromatic rings. The Kier molecular flexibility index (Phi) is 11.4. The number of carbonyl (C=O) groups is 2. The molecule has 0 saturated heterocycles. The summed E-state index contributed by atoms with van der Waals surface area (Å²) in [6.07, 6.45) is 0.158. The van der Waals surface area contributed by atoms with Crippen molar-refractivity contribution in [3.8, 4) is 0 Å². The molecule has 0 aliphatic heterocycles. The minimum absolute atomic E-state index is 0.0825. The monoisotopic (exact) mass is 649 g/mol. The topological polar surface area (TPSA) is 86.8 Å². The van der Waals surface area contributed by atoms with Gasteiger partial charge in [0.2, 0.25) is 11.8 Å². The molecule has 0 unspecified atom stereocenters. The number of carbonyl (C=O) groups excluding carboxylic acids is 2. The van der Waals surface area contributed by atoms with Gasteiger partial charge in [-0.1, -0.05) is 104 Å². The van der Waals surface area contributed by atoms with Gasteiger partial charge in [-0.3, -0.25) is 13.9 Å². The van der Waals surface area contributed by atoms with E-state index in [2.05, 4.69) is 5.32 Å². The number of rotatable bonds is 13. The number of hydrogen-bond acceptors (Lipinski definition) is 4. The zero-order valence-electron chi connectivity index (χ0n) is 25.5. The minimum atomic E-state index is -4.41. The van der Waals surface area contributed by atoms with Crippen molar-refractivity contribution in [3.05, 3.63) is 131 Å². The maximum atomic E-state index is 15.2. The highest BCUT2D eigenvalue weighted by molar-refractivity contribution is 7.92. The molecule has 10 heteroatoms. The number of sulfonamides is 1. The molecule has 0 fully saturated rings. The fourth-order valence-electron chi connectivity index (χ4n) is 4.79. The molecular formula is C35H37ClFN3O4S. The zero-order chi connectivity index (χ0) is 32.6. The van der Waals surface area contributed by atoms with Gasteiger partial charge in [0.15, 0.2) is 0 Å². The van der Waals surface area contributed by atoms with Crippen LogP contribution >= 0.6 is 11.6 Å². The summed E-state index contributed by atoms with van der Waals surface area (Å²) in [4.78, 5) is 29.5. The molecule has 1 N–H and O–H groups in total. The lowest BCUT2D eigenvalue weighted by Crippen LogP contribution is -2.53. The summed E-state index contributed by atoms with van der Waals surface area (Å²) in [5.74, 6) is -1.76. The van der Waals surface area contributed by atoms with Crippen molar-refractivity contribution in [1.29, 1.82) is 0 Å². The van der Waals surface area contributed by atoms with Gasteiger partial charge >= 0.3 is 0 Å². The van der Waals surface area contributed by atoms with Crippen LogP contribution in [0.4, 0.5) is 10.1 Å². The smallest absolute Gasteiger partial charge is 0.264 e. The van der Waals surface area contributed by atoms with Crippen molar-refractivity contribution >= 4 is 39.1 Å². The Hall–Kier alpha value is -4.21. The van der Waals surface area contributed by atoms with Gasteiger partial charge in [-0.25, -0.2) is 12.8 Å². The average Bonchev–Trinajstić information content (AvgIpc) is 3.02. The molecule has 236 valence electrons. The molecule has 0 heterocycles. The van der Waals surface area contributed by atoms with Gasteiger partial charge in [0.05, 0.1) is 10.6 Å². The number of anilines is 1. The van der Waals surface area contributed by atoms with Crippen LogP contribution in [0.5, 0.6) is 0 Å². The number of halogens is 2. The maximum absolute atomic E-state index is 15.2. The van der Waals surface area contributed by atoms with E-state index in [9.17, 15) is 18.0 Å². The van der Waals surface area contributed by atoms with E-state index < -0.39 is 40.2 Å². The minimum Gasteiger partial charge on any atom is -0.354 e. The summed E-state index contributed by atoms with van der Waals surface area (Å²) in [5, 5.41) is 3.32. The van der Waals surface area contributed by atoms with Gasteiger partial charge in [-0.05, 0) is 54.3 Å². The number of benzene rings is 4. The number of aryl methyl sites for hydroxylation is 1.